The van der Waals surface area contributed by atoms with Gasteiger partial charge < -0.3 is 5.11 Å². The average molecular weight is 341 g/mol. The van der Waals surface area contributed by atoms with Gasteiger partial charge in [-0.15, -0.1) is 0 Å². The number of carbonyl (C=O) groups is 1. The monoisotopic (exact) mass is 341 g/mol. The first-order valence-electron chi connectivity index (χ1n) is 10.1. The van der Waals surface area contributed by atoms with Crippen LogP contribution in [0.15, 0.2) is 18.2 Å². The van der Waals surface area contributed by atoms with E-state index in [1.807, 2.05) is 12.1 Å². The number of benzene rings is 1. The Hall–Kier alpha value is -1.35. The fourth-order valence-corrected chi connectivity index (χ4v) is 5.82. The lowest BCUT2D eigenvalue weighted by Gasteiger charge is -2.58. The van der Waals surface area contributed by atoms with Crippen molar-refractivity contribution >= 4 is 5.78 Å². The van der Waals surface area contributed by atoms with Crippen LogP contribution in [-0.4, -0.2) is 34.9 Å². The molecule has 0 radical (unpaired) electrons. The van der Waals surface area contributed by atoms with E-state index in [1.54, 1.807) is 0 Å². The van der Waals surface area contributed by atoms with Gasteiger partial charge in [-0.25, -0.2) is 0 Å². The Kier molecular flexibility index (Phi) is 4.39. The molecule has 2 aliphatic carbocycles. The number of ketones is 1. The molecule has 2 bridgehead atoms. The van der Waals surface area contributed by atoms with Crippen molar-refractivity contribution in [3.8, 4) is 5.75 Å². The molecule has 1 N–H and O–H groups in total. The van der Waals surface area contributed by atoms with Gasteiger partial charge in [0.15, 0.2) is 0 Å². The summed E-state index contributed by atoms with van der Waals surface area (Å²) in [6, 6.07) is 6.47. The average Bonchev–Trinajstić information content (AvgIpc) is 2.57. The molecule has 0 unspecified atom stereocenters. The van der Waals surface area contributed by atoms with Gasteiger partial charge in [-0.3, -0.25) is 9.69 Å². The maximum absolute atomic E-state index is 12.3. The second-order valence-electron chi connectivity index (χ2n) is 8.94. The van der Waals surface area contributed by atoms with Crippen LogP contribution in [0.2, 0.25) is 0 Å². The molecule has 0 amide bonds. The Balaban J connectivity index is 1.66. The molecule has 0 aromatic heterocycles. The number of Topliss-reactive ketones (excluding diaryl/α,β-unsaturated/α-hetero) is 1. The van der Waals surface area contributed by atoms with E-state index in [0.29, 0.717) is 29.9 Å². The second kappa shape index (κ2) is 6.42. The van der Waals surface area contributed by atoms with Gasteiger partial charge in [-0.1, -0.05) is 19.9 Å². The van der Waals surface area contributed by atoms with Crippen molar-refractivity contribution in [3.63, 3.8) is 0 Å². The van der Waals surface area contributed by atoms with Crippen LogP contribution in [0.4, 0.5) is 0 Å². The molecule has 1 aliphatic heterocycles. The number of fused-ring (bicyclic) bond motifs is 1. The first kappa shape index (κ1) is 17.1. The van der Waals surface area contributed by atoms with E-state index in [4.69, 9.17) is 0 Å². The lowest BCUT2D eigenvalue weighted by molar-refractivity contribution is -0.127. The van der Waals surface area contributed by atoms with E-state index in [1.165, 1.54) is 24.0 Å². The number of phenols is 1. The third kappa shape index (κ3) is 2.91. The summed E-state index contributed by atoms with van der Waals surface area (Å²) in [6.07, 6.45) is 7.14. The van der Waals surface area contributed by atoms with E-state index in [9.17, 15) is 9.90 Å². The predicted octanol–water partition coefficient (Wildman–Crippen LogP) is 4.07. The first-order chi connectivity index (χ1) is 12.0. The number of nitrogens with zero attached hydrogens (tertiary/aromatic N) is 1. The zero-order chi connectivity index (χ0) is 17.6. The first-order valence-corrected chi connectivity index (χ1v) is 10.1. The quantitative estimate of drug-likeness (QED) is 0.897. The molecule has 1 aromatic carbocycles. The van der Waals surface area contributed by atoms with Crippen molar-refractivity contribution in [1.29, 1.82) is 0 Å². The van der Waals surface area contributed by atoms with Crippen LogP contribution in [0.3, 0.4) is 0 Å². The third-order valence-electron chi connectivity index (χ3n) is 7.07. The van der Waals surface area contributed by atoms with Crippen molar-refractivity contribution in [3.05, 3.63) is 29.3 Å². The van der Waals surface area contributed by atoms with Gasteiger partial charge in [-0.05, 0) is 80.3 Å². The number of aromatic hydroxyl groups is 1. The van der Waals surface area contributed by atoms with E-state index in [-0.39, 0.29) is 5.41 Å². The third-order valence-corrected chi connectivity index (χ3v) is 7.07. The molecular weight excluding hydrogens is 310 g/mol. The number of rotatable bonds is 4. The van der Waals surface area contributed by atoms with Crippen molar-refractivity contribution in [2.75, 3.05) is 13.1 Å². The number of carbonyl (C=O) groups excluding carboxylic acids is 1. The van der Waals surface area contributed by atoms with Crippen molar-refractivity contribution in [1.82, 2.24) is 4.90 Å². The molecule has 4 rings (SSSR count). The molecule has 3 nitrogen and oxygen atoms in total. The van der Waals surface area contributed by atoms with E-state index in [0.717, 1.165) is 44.7 Å². The molecule has 3 heteroatoms. The molecule has 1 saturated heterocycles. The topological polar surface area (TPSA) is 40.5 Å². The number of hydrogen-bond donors (Lipinski definition) is 1. The van der Waals surface area contributed by atoms with Gasteiger partial charge in [0.25, 0.3) is 0 Å². The highest BCUT2D eigenvalue weighted by atomic mass is 16.3. The Labute approximate surface area is 151 Å². The zero-order valence-corrected chi connectivity index (χ0v) is 15.6. The molecule has 1 saturated carbocycles. The van der Waals surface area contributed by atoms with Gasteiger partial charge in [0, 0.05) is 24.3 Å². The fraction of sp³-hybridized carbons (Fsp3) is 0.682. The standard InChI is InChI=1S/C22H31NO2/c1-15(2)4-3-10-23-11-9-22-8-7-18(25)14-20(22)21(23)12-16-5-6-17(24)13-19(16)22/h5-6,13,15,20-21,24H,3-4,7-12,14H2,1-2H3/t20-,21+,22-/m0/s1. The Morgan fingerprint density at radius 2 is 2.12 bits per heavy atom. The Morgan fingerprint density at radius 1 is 1.28 bits per heavy atom. The summed E-state index contributed by atoms with van der Waals surface area (Å²) in [5.41, 5.74) is 2.88. The summed E-state index contributed by atoms with van der Waals surface area (Å²) in [4.78, 5) is 14.9. The largest absolute Gasteiger partial charge is 0.508 e. The van der Waals surface area contributed by atoms with Crippen LogP contribution in [0.1, 0.15) is 63.5 Å². The number of piperidine rings is 1. The van der Waals surface area contributed by atoms with Crippen LogP contribution in [0.5, 0.6) is 5.75 Å². The smallest absolute Gasteiger partial charge is 0.133 e. The maximum Gasteiger partial charge on any atom is 0.133 e. The van der Waals surface area contributed by atoms with Gasteiger partial charge >= 0.3 is 0 Å². The summed E-state index contributed by atoms with van der Waals surface area (Å²) >= 11 is 0. The van der Waals surface area contributed by atoms with E-state index >= 15 is 0 Å². The number of likely N-dealkylation sites (tertiary alicyclic amines) is 1. The molecule has 1 heterocycles. The Bertz CT molecular complexity index is 668. The summed E-state index contributed by atoms with van der Waals surface area (Å²) < 4.78 is 0. The van der Waals surface area contributed by atoms with Gasteiger partial charge in [0.1, 0.15) is 11.5 Å². The van der Waals surface area contributed by atoms with Crippen LogP contribution in [0, 0.1) is 11.8 Å². The summed E-state index contributed by atoms with van der Waals surface area (Å²) in [7, 11) is 0. The molecule has 136 valence electrons. The summed E-state index contributed by atoms with van der Waals surface area (Å²) in [6.45, 7) is 6.90. The molecular formula is C22H31NO2. The molecule has 0 spiro atoms. The highest BCUT2D eigenvalue weighted by molar-refractivity contribution is 5.80. The molecule has 25 heavy (non-hydrogen) atoms. The lowest BCUT2D eigenvalue weighted by atomic mass is 9.52. The number of hydrogen-bond acceptors (Lipinski definition) is 3. The minimum atomic E-state index is 0.124. The minimum absolute atomic E-state index is 0.124. The van der Waals surface area contributed by atoms with E-state index < -0.39 is 0 Å². The molecule has 1 aromatic rings. The van der Waals surface area contributed by atoms with Gasteiger partial charge in [-0.2, -0.15) is 0 Å². The van der Waals surface area contributed by atoms with Crippen molar-refractivity contribution in [2.45, 2.75) is 70.3 Å². The van der Waals surface area contributed by atoms with Gasteiger partial charge in [0.05, 0.1) is 0 Å². The van der Waals surface area contributed by atoms with Crippen LogP contribution >= 0.6 is 0 Å². The highest BCUT2D eigenvalue weighted by Crippen LogP contribution is 2.55. The van der Waals surface area contributed by atoms with Crippen molar-refractivity contribution in [2.24, 2.45) is 11.8 Å². The lowest BCUT2D eigenvalue weighted by Crippen LogP contribution is -2.61. The second-order valence-corrected chi connectivity index (χ2v) is 8.94. The van der Waals surface area contributed by atoms with Crippen LogP contribution in [-0.2, 0) is 16.6 Å². The highest BCUT2D eigenvalue weighted by Gasteiger charge is 2.55. The molecule has 3 aliphatic rings. The van der Waals surface area contributed by atoms with E-state index in [2.05, 4.69) is 24.8 Å². The summed E-state index contributed by atoms with van der Waals surface area (Å²) in [5.74, 6) is 2.02. The predicted molar refractivity (Wildman–Crippen MR) is 99.9 cm³/mol. The van der Waals surface area contributed by atoms with Crippen LogP contribution in [0.25, 0.3) is 0 Å². The molecule has 2 fully saturated rings. The zero-order valence-electron chi connectivity index (χ0n) is 15.6. The summed E-state index contributed by atoms with van der Waals surface area (Å²) in [5, 5.41) is 10.1. The van der Waals surface area contributed by atoms with Crippen LogP contribution < -0.4 is 0 Å². The number of phenolic OH excluding ortho intramolecular Hbond substituents is 1. The normalized spacial score (nSPS) is 31.7. The SMILES string of the molecule is CC(C)CCCN1CC[C@]23CCC(=O)C[C@H]2[C@H]1Cc1ccc(O)cc13. The molecule has 3 atom stereocenters. The minimum Gasteiger partial charge on any atom is -0.508 e. The Morgan fingerprint density at radius 3 is 2.92 bits per heavy atom. The van der Waals surface area contributed by atoms with Crippen molar-refractivity contribution < 1.29 is 9.90 Å². The van der Waals surface area contributed by atoms with Gasteiger partial charge in [0.2, 0.25) is 0 Å². The maximum atomic E-state index is 12.3. The fourth-order valence-electron chi connectivity index (χ4n) is 5.82.